The molecule has 0 aliphatic carbocycles. The Labute approximate surface area is 185 Å². The Morgan fingerprint density at radius 2 is 1.81 bits per heavy atom. The van der Waals surface area contributed by atoms with E-state index in [9.17, 15) is 13.6 Å². The fourth-order valence-corrected chi connectivity index (χ4v) is 5.18. The van der Waals surface area contributed by atoms with Crippen LogP contribution in [0.25, 0.3) is 0 Å². The summed E-state index contributed by atoms with van der Waals surface area (Å²) in [6.07, 6.45) is 1.63. The standard InChI is InChI=1S/C25H26F2N2OS/c1-15-10-19(29-9-8-23-20(13-29)17(3)14-31-23)11-16(2)25(15)28-24(30)7-5-18-4-6-21(26)22(27)12-18/h4,6,10-12,14H,5,7-9,13H2,1-3H3,(H,28,30). The number of hydrogen-bond donors (Lipinski definition) is 1. The summed E-state index contributed by atoms with van der Waals surface area (Å²) in [5.41, 5.74) is 7.44. The monoisotopic (exact) mass is 440 g/mol. The average Bonchev–Trinajstić information content (AvgIpc) is 3.11. The maximum absolute atomic E-state index is 13.4. The zero-order valence-corrected chi connectivity index (χ0v) is 18.8. The summed E-state index contributed by atoms with van der Waals surface area (Å²) < 4.78 is 26.4. The molecule has 0 saturated carbocycles. The Hall–Kier alpha value is -2.73. The predicted molar refractivity (Wildman–Crippen MR) is 123 cm³/mol. The number of rotatable bonds is 5. The van der Waals surface area contributed by atoms with Crippen molar-refractivity contribution in [3.63, 3.8) is 0 Å². The van der Waals surface area contributed by atoms with Gasteiger partial charge in [-0.15, -0.1) is 11.3 Å². The molecule has 3 nitrogen and oxygen atoms in total. The lowest BCUT2D eigenvalue weighted by atomic mass is 10.0. The van der Waals surface area contributed by atoms with Crippen LogP contribution in [0.15, 0.2) is 35.7 Å². The molecule has 0 radical (unpaired) electrons. The lowest BCUT2D eigenvalue weighted by Crippen LogP contribution is -2.30. The highest BCUT2D eigenvalue weighted by Crippen LogP contribution is 2.33. The lowest BCUT2D eigenvalue weighted by molar-refractivity contribution is -0.116. The second-order valence-corrected chi connectivity index (χ2v) is 9.21. The molecule has 1 aromatic heterocycles. The summed E-state index contributed by atoms with van der Waals surface area (Å²) in [6, 6.07) is 8.01. The molecular weight excluding hydrogens is 414 g/mol. The van der Waals surface area contributed by atoms with Gasteiger partial charge < -0.3 is 10.2 Å². The molecular formula is C25H26F2N2OS. The zero-order chi connectivity index (χ0) is 22.1. The highest BCUT2D eigenvalue weighted by Gasteiger charge is 2.21. The zero-order valence-electron chi connectivity index (χ0n) is 18.0. The van der Waals surface area contributed by atoms with Gasteiger partial charge in [-0.2, -0.15) is 0 Å². The number of halogens is 2. The van der Waals surface area contributed by atoms with Gasteiger partial charge in [0.15, 0.2) is 11.6 Å². The highest BCUT2D eigenvalue weighted by molar-refractivity contribution is 7.10. The SMILES string of the molecule is Cc1csc2c1CN(c1cc(C)c(NC(=O)CCc3ccc(F)c(F)c3)c(C)c1)CC2. The van der Waals surface area contributed by atoms with Crippen molar-refractivity contribution in [1.82, 2.24) is 0 Å². The molecule has 31 heavy (non-hydrogen) atoms. The molecule has 0 atom stereocenters. The van der Waals surface area contributed by atoms with Crippen molar-refractivity contribution in [3.05, 3.63) is 80.0 Å². The number of benzene rings is 2. The molecule has 2 heterocycles. The van der Waals surface area contributed by atoms with Gasteiger partial charge >= 0.3 is 0 Å². The largest absolute Gasteiger partial charge is 0.367 e. The van der Waals surface area contributed by atoms with Gasteiger partial charge in [0.1, 0.15) is 0 Å². The van der Waals surface area contributed by atoms with E-state index in [1.165, 1.54) is 27.8 Å². The van der Waals surface area contributed by atoms with E-state index in [0.717, 1.165) is 48.5 Å². The quantitative estimate of drug-likeness (QED) is 0.521. The summed E-state index contributed by atoms with van der Waals surface area (Å²) in [6.45, 7) is 8.10. The van der Waals surface area contributed by atoms with Gasteiger partial charge in [-0.25, -0.2) is 8.78 Å². The van der Waals surface area contributed by atoms with Crippen molar-refractivity contribution in [3.8, 4) is 0 Å². The van der Waals surface area contributed by atoms with Crippen molar-refractivity contribution >= 4 is 28.6 Å². The van der Waals surface area contributed by atoms with E-state index < -0.39 is 11.6 Å². The van der Waals surface area contributed by atoms with Crippen LogP contribution < -0.4 is 10.2 Å². The van der Waals surface area contributed by atoms with Crippen LogP contribution in [-0.4, -0.2) is 12.5 Å². The first kappa shape index (κ1) is 21.5. The third kappa shape index (κ3) is 4.64. The molecule has 0 fully saturated rings. The van der Waals surface area contributed by atoms with E-state index in [-0.39, 0.29) is 12.3 Å². The number of hydrogen-bond acceptors (Lipinski definition) is 3. The van der Waals surface area contributed by atoms with Crippen LogP contribution in [0.5, 0.6) is 0 Å². The molecule has 0 saturated heterocycles. The third-order valence-corrected chi connectivity index (χ3v) is 7.13. The van der Waals surface area contributed by atoms with Crippen molar-refractivity contribution in [1.29, 1.82) is 0 Å². The van der Waals surface area contributed by atoms with Crippen molar-refractivity contribution < 1.29 is 13.6 Å². The summed E-state index contributed by atoms with van der Waals surface area (Å²) in [5.74, 6) is -1.90. The smallest absolute Gasteiger partial charge is 0.224 e. The van der Waals surface area contributed by atoms with Gasteiger partial charge in [-0.3, -0.25) is 4.79 Å². The molecule has 1 aliphatic rings. The first-order valence-electron chi connectivity index (χ1n) is 10.5. The Balaban J connectivity index is 1.43. The average molecular weight is 441 g/mol. The Morgan fingerprint density at radius 1 is 1.06 bits per heavy atom. The predicted octanol–water partition coefficient (Wildman–Crippen LogP) is 6.09. The van der Waals surface area contributed by atoms with E-state index in [1.54, 1.807) is 0 Å². The van der Waals surface area contributed by atoms with E-state index in [4.69, 9.17) is 0 Å². The molecule has 1 amide bonds. The van der Waals surface area contributed by atoms with Crippen LogP contribution >= 0.6 is 11.3 Å². The lowest BCUT2D eigenvalue weighted by Gasteiger charge is -2.30. The van der Waals surface area contributed by atoms with Gasteiger partial charge in [0.05, 0.1) is 0 Å². The van der Waals surface area contributed by atoms with Crippen molar-refractivity contribution in [2.24, 2.45) is 0 Å². The number of carbonyl (C=O) groups excluding carboxylic acids is 1. The van der Waals surface area contributed by atoms with Gasteiger partial charge in [0.25, 0.3) is 0 Å². The first-order valence-corrected chi connectivity index (χ1v) is 11.4. The Kier molecular flexibility index (Phi) is 6.10. The summed E-state index contributed by atoms with van der Waals surface area (Å²) in [4.78, 5) is 16.4. The van der Waals surface area contributed by atoms with E-state index in [0.29, 0.717) is 12.0 Å². The topological polar surface area (TPSA) is 32.3 Å². The number of anilines is 2. The summed E-state index contributed by atoms with van der Waals surface area (Å²) in [7, 11) is 0. The van der Waals surface area contributed by atoms with Crippen LogP contribution in [-0.2, 0) is 24.2 Å². The minimum atomic E-state index is -0.886. The number of nitrogens with one attached hydrogen (secondary N) is 1. The van der Waals surface area contributed by atoms with Crippen LogP contribution in [0, 0.1) is 32.4 Å². The number of thiophene rings is 1. The van der Waals surface area contributed by atoms with Crippen molar-refractivity contribution in [2.75, 3.05) is 16.8 Å². The second kappa shape index (κ2) is 8.79. The van der Waals surface area contributed by atoms with Crippen LogP contribution in [0.2, 0.25) is 0 Å². The number of fused-ring (bicyclic) bond motifs is 1. The summed E-state index contributed by atoms with van der Waals surface area (Å²) >= 11 is 1.86. The number of amides is 1. The van der Waals surface area contributed by atoms with Gasteiger partial charge in [-0.05, 0) is 91.1 Å². The normalized spacial score (nSPS) is 13.3. The number of aryl methyl sites for hydroxylation is 4. The summed E-state index contributed by atoms with van der Waals surface area (Å²) in [5, 5.41) is 5.24. The molecule has 6 heteroatoms. The molecule has 1 N–H and O–H groups in total. The van der Waals surface area contributed by atoms with E-state index in [1.807, 2.05) is 25.2 Å². The minimum absolute atomic E-state index is 0.139. The molecule has 4 rings (SSSR count). The molecule has 1 aliphatic heterocycles. The third-order valence-electron chi connectivity index (χ3n) is 5.92. The molecule has 0 spiro atoms. The molecule has 3 aromatic rings. The molecule has 162 valence electrons. The van der Waals surface area contributed by atoms with E-state index in [2.05, 4.69) is 34.7 Å². The Bertz CT molecular complexity index is 1120. The van der Waals surface area contributed by atoms with Crippen molar-refractivity contribution in [2.45, 2.75) is 46.6 Å². The van der Waals surface area contributed by atoms with Gasteiger partial charge in [-0.1, -0.05) is 6.07 Å². The van der Waals surface area contributed by atoms with Gasteiger partial charge in [0, 0.05) is 35.8 Å². The van der Waals surface area contributed by atoms with Crippen LogP contribution in [0.1, 0.15) is 39.1 Å². The number of nitrogens with zero attached hydrogens (tertiary/aromatic N) is 1. The second-order valence-electron chi connectivity index (χ2n) is 8.24. The van der Waals surface area contributed by atoms with Gasteiger partial charge in [0.2, 0.25) is 5.91 Å². The fraction of sp³-hybridized carbons (Fsp3) is 0.320. The maximum Gasteiger partial charge on any atom is 0.224 e. The molecule has 0 unspecified atom stereocenters. The molecule has 2 aromatic carbocycles. The highest BCUT2D eigenvalue weighted by atomic mass is 32.1. The Morgan fingerprint density at radius 3 is 2.52 bits per heavy atom. The molecule has 0 bridgehead atoms. The fourth-order valence-electron chi connectivity index (χ4n) is 4.15. The van der Waals surface area contributed by atoms with E-state index >= 15 is 0 Å². The van der Waals surface area contributed by atoms with Crippen LogP contribution in [0.3, 0.4) is 0 Å². The maximum atomic E-state index is 13.4. The first-order chi connectivity index (χ1) is 14.8. The minimum Gasteiger partial charge on any atom is -0.367 e. The number of carbonyl (C=O) groups is 1. The van der Waals surface area contributed by atoms with Crippen LogP contribution in [0.4, 0.5) is 20.2 Å².